The molecule has 2 aromatic rings. The summed E-state index contributed by atoms with van der Waals surface area (Å²) in [5, 5.41) is 17.5. The summed E-state index contributed by atoms with van der Waals surface area (Å²) in [6.45, 7) is 7.93. The minimum atomic E-state index is -0.919. The van der Waals surface area contributed by atoms with Gasteiger partial charge in [0.25, 0.3) is 0 Å². The van der Waals surface area contributed by atoms with Gasteiger partial charge in [-0.25, -0.2) is 4.79 Å². The molecule has 5 nitrogen and oxygen atoms in total. The first-order chi connectivity index (χ1) is 11.9. The van der Waals surface area contributed by atoms with Crippen LogP contribution in [0.25, 0.3) is 0 Å². The van der Waals surface area contributed by atoms with E-state index in [0.29, 0.717) is 12.0 Å². The van der Waals surface area contributed by atoms with Gasteiger partial charge in [0, 0.05) is 30.4 Å². The van der Waals surface area contributed by atoms with E-state index in [0.717, 1.165) is 43.6 Å². The molecule has 1 unspecified atom stereocenters. The Labute approximate surface area is 149 Å². The molecule has 134 valence electrons. The third kappa shape index (κ3) is 4.10. The minimum Gasteiger partial charge on any atom is -0.476 e. The van der Waals surface area contributed by atoms with Crippen LogP contribution in [0.5, 0.6) is 0 Å². The molecule has 0 fully saturated rings. The zero-order valence-electron chi connectivity index (χ0n) is 15.2. The van der Waals surface area contributed by atoms with Crippen molar-refractivity contribution in [2.45, 2.75) is 59.2 Å². The Balaban J connectivity index is 1.72. The molecule has 1 atom stereocenters. The van der Waals surface area contributed by atoms with Gasteiger partial charge in [0.15, 0.2) is 5.69 Å². The third-order valence-corrected chi connectivity index (χ3v) is 4.80. The Kier molecular flexibility index (Phi) is 5.23. The Morgan fingerprint density at radius 2 is 2.08 bits per heavy atom. The van der Waals surface area contributed by atoms with Gasteiger partial charge in [-0.05, 0) is 37.7 Å². The van der Waals surface area contributed by atoms with Gasteiger partial charge in [0.1, 0.15) is 0 Å². The van der Waals surface area contributed by atoms with Crippen molar-refractivity contribution >= 4 is 5.97 Å². The molecule has 0 saturated heterocycles. The molecule has 0 spiro atoms. The Bertz CT molecular complexity index is 747. The lowest BCUT2D eigenvalue weighted by Gasteiger charge is -2.25. The molecule has 1 heterocycles. The summed E-state index contributed by atoms with van der Waals surface area (Å²) in [7, 11) is 0. The molecule has 0 aliphatic heterocycles. The van der Waals surface area contributed by atoms with E-state index in [1.807, 2.05) is 4.68 Å². The summed E-state index contributed by atoms with van der Waals surface area (Å²) < 4.78 is 1.92. The number of hydrogen-bond acceptors (Lipinski definition) is 3. The van der Waals surface area contributed by atoms with Crippen LogP contribution in [0.3, 0.4) is 0 Å². The van der Waals surface area contributed by atoms with Gasteiger partial charge in [0.05, 0.1) is 0 Å². The van der Waals surface area contributed by atoms with Gasteiger partial charge >= 0.3 is 5.97 Å². The standard InChI is InChI=1S/C20H27N3O2/c1-13(2)12-23-18-9-8-16(10-17(18)19(22-23)20(24)25)21-11-15-6-4-14(3)5-7-15/h4-7,13,16,21H,8-12H2,1-3H3,(H,24,25). The first-order valence-corrected chi connectivity index (χ1v) is 9.04. The molecule has 3 rings (SSSR count). The Morgan fingerprint density at radius 3 is 2.72 bits per heavy atom. The number of benzene rings is 1. The number of hydrogen-bond donors (Lipinski definition) is 2. The van der Waals surface area contributed by atoms with E-state index in [9.17, 15) is 9.90 Å². The smallest absolute Gasteiger partial charge is 0.356 e. The second-order valence-corrected chi connectivity index (χ2v) is 7.46. The van der Waals surface area contributed by atoms with Crippen LogP contribution in [0.15, 0.2) is 24.3 Å². The van der Waals surface area contributed by atoms with Crippen LogP contribution in [0.1, 0.15) is 53.1 Å². The fourth-order valence-corrected chi connectivity index (χ4v) is 3.50. The van der Waals surface area contributed by atoms with Crippen LogP contribution in [0.4, 0.5) is 0 Å². The molecule has 5 heteroatoms. The molecular formula is C20H27N3O2. The quantitative estimate of drug-likeness (QED) is 0.847. The van der Waals surface area contributed by atoms with Crippen LogP contribution >= 0.6 is 0 Å². The number of aromatic carboxylic acids is 1. The Hall–Kier alpha value is -2.14. The maximum absolute atomic E-state index is 11.6. The number of carboxylic acids is 1. The summed E-state index contributed by atoms with van der Waals surface area (Å²) in [4.78, 5) is 11.6. The van der Waals surface area contributed by atoms with E-state index >= 15 is 0 Å². The lowest BCUT2D eigenvalue weighted by Crippen LogP contribution is -2.34. The minimum absolute atomic E-state index is 0.234. The number of aryl methyl sites for hydroxylation is 1. The van der Waals surface area contributed by atoms with Crippen molar-refractivity contribution in [1.82, 2.24) is 15.1 Å². The van der Waals surface area contributed by atoms with Gasteiger partial charge in [0.2, 0.25) is 0 Å². The van der Waals surface area contributed by atoms with Crippen molar-refractivity contribution < 1.29 is 9.90 Å². The number of carboxylic acid groups (broad SMARTS) is 1. The summed E-state index contributed by atoms with van der Waals surface area (Å²) >= 11 is 0. The zero-order chi connectivity index (χ0) is 18.0. The second kappa shape index (κ2) is 7.40. The monoisotopic (exact) mass is 341 g/mol. The van der Waals surface area contributed by atoms with Crippen LogP contribution in [0.2, 0.25) is 0 Å². The third-order valence-electron chi connectivity index (χ3n) is 4.80. The highest BCUT2D eigenvalue weighted by molar-refractivity contribution is 5.87. The number of nitrogens with one attached hydrogen (secondary N) is 1. The fourth-order valence-electron chi connectivity index (χ4n) is 3.50. The van der Waals surface area contributed by atoms with Crippen molar-refractivity contribution in [3.8, 4) is 0 Å². The summed E-state index contributed by atoms with van der Waals surface area (Å²) in [5.41, 5.74) is 4.78. The first kappa shape index (κ1) is 17.7. The van der Waals surface area contributed by atoms with E-state index in [1.165, 1.54) is 11.1 Å². The molecule has 2 N–H and O–H groups in total. The Morgan fingerprint density at radius 1 is 1.36 bits per heavy atom. The van der Waals surface area contributed by atoms with Gasteiger partial charge in [-0.3, -0.25) is 4.68 Å². The van der Waals surface area contributed by atoms with Gasteiger partial charge in [-0.2, -0.15) is 5.10 Å². The summed E-state index contributed by atoms with van der Waals surface area (Å²) in [6.07, 6.45) is 2.64. The maximum Gasteiger partial charge on any atom is 0.356 e. The topological polar surface area (TPSA) is 67.2 Å². The molecule has 1 aliphatic carbocycles. The van der Waals surface area contributed by atoms with Crippen molar-refractivity contribution in [2.24, 2.45) is 5.92 Å². The van der Waals surface area contributed by atoms with Crippen molar-refractivity contribution in [1.29, 1.82) is 0 Å². The van der Waals surface area contributed by atoms with E-state index in [1.54, 1.807) is 0 Å². The van der Waals surface area contributed by atoms with Crippen molar-refractivity contribution in [3.63, 3.8) is 0 Å². The van der Waals surface area contributed by atoms with Crippen LogP contribution in [-0.4, -0.2) is 26.9 Å². The predicted molar refractivity (Wildman–Crippen MR) is 97.9 cm³/mol. The molecule has 1 aromatic carbocycles. The molecule has 0 radical (unpaired) electrons. The van der Waals surface area contributed by atoms with E-state index < -0.39 is 5.97 Å². The molecular weight excluding hydrogens is 314 g/mol. The average Bonchev–Trinajstić information content (AvgIpc) is 2.92. The number of aromatic nitrogens is 2. The molecule has 1 aliphatic rings. The molecule has 0 amide bonds. The normalized spacial score (nSPS) is 16.9. The van der Waals surface area contributed by atoms with Crippen molar-refractivity contribution in [3.05, 3.63) is 52.3 Å². The van der Waals surface area contributed by atoms with Crippen LogP contribution in [0, 0.1) is 12.8 Å². The van der Waals surface area contributed by atoms with Crippen LogP contribution < -0.4 is 5.32 Å². The fraction of sp³-hybridized carbons (Fsp3) is 0.500. The predicted octanol–water partition coefficient (Wildman–Crippen LogP) is 3.19. The number of rotatable bonds is 6. The van der Waals surface area contributed by atoms with Gasteiger partial charge in [-0.15, -0.1) is 0 Å². The first-order valence-electron chi connectivity index (χ1n) is 9.04. The van der Waals surface area contributed by atoms with E-state index in [4.69, 9.17) is 0 Å². The SMILES string of the molecule is Cc1ccc(CNC2CCc3c(c(C(=O)O)nn3CC(C)C)C2)cc1. The average molecular weight is 341 g/mol. The summed E-state index contributed by atoms with van der Waals surface area (Å²) in [5.74, 6) is -0.471. The largest absolute Gasteiger partial charge is 0.476 e. The maximum atomic E-state index is 11.6. The lowest BCUT2D eigenvalue weighted by atomic mass is 9.91. The lowest BCUT2D eigenvalue weighted by molar-refractivity contribution is 0.0688. The van der Waals surface area contributed by atoms with Gasteiger partial charge in [-0.1, -0.05) is 43.7 Å². The highest BCUT2D eigenvalue weighted by atomic mass is 16.4. The highest BCUT2D eigenvalue weighted by Crippen LogP contribution is 2.26. The van der Waals surface area contributed by atoms with E-state index in [2.05, 4.69) is 55.5 Å². The molecule has 1 aromatic heterocycles. The molecule has 25 heavy (non-hydrogen) atoms. The zero-order valence-corrected chi connectivity index (χ0v) is 15.2. The molecule has 0 bridgehead atoms. The second-order valence-electron chi connectivity index (χ2n) is 7.46. The summed E-state index contributed by atoms with van der Waals surface area (Å²) in [6, 6.07) is 8.81. The highest BCUT2D eigenvalue weighted by Gasteiger charge is 2.29. The van der Waals surface area contributed by atoms with E-state index in [-0.39, 0.29) is 5.69 Å². The van der Waals surface area contributed by atoms with Crippen molar-refractivity contribution in [2.75, 3.05) is 0 Å². The van der Waals surface area contributed by atoms with Gasteiger partial charge < -0.3 is 10.4 Å². The van der Waals surface area contributed by atoms with Crippen LogP contribution in [-0.2, 0) is 25.9 Å². The number of fused-ring (bicyclic) bond motifs is 1. The number of carbonyl (C=O) groups is 1. The molecule has 0 saturated carbocycles. The number of nitrogens with zero attached hydrogens (tertiary/aromatic N) is 2.